The van der Waals surface area contributed by atoms with Gasteiger partial charge in [-0.1, -0.05) is 13.0 Å². The van der Waals surface area contributed by atoms with Crippen LogP contribution in [-0.4, -0.2) is 25.8 Å². The quantitative estimate of drug-likeness (QED) is 0.900. The van der Waals surface area contributed by atoms with Crippen LogP contribution in [0.4, 0.5) is 0 Å². The third-order valence-electron chi connectivity index (χ3n) is 3.82. The minimum Gasteiger partial charge on any atom is -0.326 e. The lowest BCUT2D eigenvalue weighted by molar-refractivity contribution is 0.416. The molecule has 4 nitrogen and oxygen atoms in total. The first-order valence-corrected chi connectivity index (χ1v) is 9.17. The third-order valence-corrected chi connectivity index (χ3v) is 6.72. The van der Waals surface area contributed by atoms with E-state index in [1.807, 2.05) is 6.07 Å². The van der Waals surface area contributed by atoms with Crippen LogP contribution in [0.3, 0.4) is 0 Å². The van der Waals surface area contributed by atoms with Crippen LogP contribution in [0.2, 0.25) is 0 Å². The van der Waals surface area contributed by atoms with E-state index in [0.717, 1.165) is 24.8 Å². The normalized spacial score (nSPS) is 21.6. The molecule has 0 aromatic heterocycles. The van der Waals surface area contributed by atoms with Crippen LogP contribution in [0.15, 0.2) is 27.6 Å². The molecule has 20 heavy (non-hydrogen) atoms. The number of rotatable bonds is 3. The highest BCUT2D eigenvalue weighted by Gasteiger charge is 2.28. The lowest BCUT2D eigenvalue weighted by Crippen LogP contribution is -2.32. The predicted molar refractivity (Wildman–Crippen MR) is 83.8 cm³/mol. The first-order valence-electron chi connectivity index (χ1n) is 6.94. The van der Waals surface area contributed by atoms with Crippen LogP contribution in [0.1, 0.15) is 31.7 Å². The molecule has 1 aromatic carbocycles. The second kappa shape index (κ2) is 6.56. The van der Waals surface area contributed by atoms with Crippen LogP contribution in [0.25, 0.3) is 0 Å². The highest BCUT2D eigenvalue weighted by Crippen LogP contribution is 2.28. The van der Waals surface area contributed by atoms with Crippen molar-refractivity contribution in [1.29, 1.82) is 0 Å². The minimum absolute atomic E-state index is 0.329. The second-order valence-corrected chi connectivity index (χ2v) is 8.17. The van der Waals surface area contributed by atoms with E-state index >= 15 is 0 Å². The first-order chi connectivity index (χ1) is 9.45. The van der Waals surface area contributed by atoms with Gasteiger partial charge in [0, 0.05) is 24.1 Å². The zero-order valence-corrected chi connectivity index (χ0v) is 14.1. The number of nitrogens with two attached hydrogens (primary N) is 1. The van der Waals surface area contributed by atoms with Gasteiger partial charge in [-0.05, 0) is 58.8 Å². The summed E-state index contributed by atoms with van der Waals surface area (Å²) in [4.78, 5) is 0.329. The van der Waals surface area contributed by atoms with Gasteiger partial charge in [-0.25, -0.2) is 8.42 Å². The van der Waals surface area contributed by atoms with E-state index in [0.29, 0.717) is 34.9 Å². The fraction of sp³-hybridized carbons (Fsp3) is 0.571. The fourth-order valence-electron chi connectivity index (χ4n) is 2.49. The largest absolute Gasteiger partial charge is 0.326 e. The van der Waals surface area contributed by atoms with E-state index in [1.54, 1.807) is 16.4 Å². The maximum absolute atomic E-state index is 12.8. The Morgan fingerprint density at radius 3 is 2.80 bits per heavy atom. The molecule has 2 rings (SSSR count). The molecule has 0 bridgehead atoms. The second-order valence-electron chi connectivity index (χ2n) is 5.41. The average Bonchev–Trinajstić information content (AvgIpc) is 2.64. The molecule has 1 fully saturated rings. The Morgan fingerprint density at radius 2 is 2.10 bits per heavy atom. The van der Waals surface area contributed by atoms with Crippen molar-refractivity contribution in [3.63, 3.8) is 0 Å². The molecule has 0 spiro atoms. The van der Waals surface area contributed by atoms with Crippen molar-refractivity contribution in [1.82, 2.24) is 4.31 Å². The van der Waals surface area contributed by atoms with Crippen molar-refractivity contribution in [2.75, 3.05) is 13.1 Å². The predicted octanol–water partition coefficient (Wildman–Crippen LogP) is 2.72. The Bertz CT molecular complexity index is 575. The van der Waals surface area contributed by atoms with Gasteiger partial charge < -0.3 is 5.73 Å². The Balaban J connectivity index is 2.34. The highest BCUT2D eigenvalue weighted by molar-refractivity contribution is 9.10. The molecule has 1 aliphatic heterocycles. The van der Waals surface area contributed by atoms with Gasteiger partial charge >= 0.3 is 0 Å². The Kier molecular flexibility index (Phi) is 5.23. The Hall–Kier alpha value is -0.430. The number of sulfonamides is 1. The average molecular weight is 361 g/mol. The molecule has 1 heterocycles. The molecule has 1 aromatic rings. The van der Waals surface area contributed by atoms with Crippen molar-refractivity contribution < 1.29 is 8.42 Å². The molecule has 0 radical (unpaired) electrons. The molecular formula is C14H21BrN2O2S. The van der Waals surface area contributed by atoms with Gasteiger partial charge in [0.1, 0.15) is 0 Å². The summed E-state index contributed by atoms with van der Waals surface area (Å²) in [6, 6.07) is 5.27. The zero-order valence-electron chi connectivity index (χ0n) is 11.7. The summed E-state index contributed by atoms with van der Waals surface area (Å²) in [5.41, 5.74) is 6.44. The van der Waals surface area contributed by atoms with E-state index in [4.69, 9.17) is 5.73 Å². The van der Waals surface area contributed by atoms with Crippen molar-refractivity contribution in [3.05, 3.63) is 28.2 Å². The molecule has 112 valence electrons. The first kappa shape index (κ1) is 15.9. The van der Waals surface area contributed by atoms with Gasteiger partial charge in [0.15, 0.2) is 0 Å². The minimum atomic E-state index is -3.44. The molecule has 0 amide bonds. The highest BCUT2D eigenvalue weighted by atomic mass is 79.9. The van der Waals surface area contributed by atoms with Crippen molar-refractivity contribution in [2.24, 2.45) is 11.7 Å². The summed E-state index contributed by atoms with van der Waals surface area (Å²) in [5, 5.41) is 0. The summed E-state index contributed by atoms with van der Waals surface area (Å²) in [6.07, 6.45) is 2.94. The van der Waals surface area contributed by atoms with Gasteiger partial charge in [-0.3, -0.25) is 0 Å². The SMILES string of the molecule is CC1CCCN(S(=O)(=O)c2cc(CN)ccc2Br)CC1. The molecule has 1 aliphatic rings. The summed E-state index contributed by atoms with van der Waals surface area (Å²) < 4.78 is 27.8. The van der Waals surface area contributed by atoms with E-state index in [1.165, 1.54) is 0 Å². The maximum atomic E-state index is 12.8. The smallest absolute Gasteiger partial charge is 0.244 e. The number of nitrogens with zero attached hydrogens (tertiary/aromatic N) is 1. The van der Waals surface area contributed by atoms with Crippen LogP contribution in [0, 0.1) is 5.92 Å². The molecule has 0 aliphatic carbocycles. The Morgan fingerprint density at radius 1 is 1.35 bits per heavy atom. The van der Waals surface area contributed by atoms with Gasteiger partial charge in [-0.2, -0.15) is 4.31 Å². The van der Waals surface area contributed by atoms with E-state index in [9.17, 15) is 8.42 Å². The molecule has 2 N–H and O–H groups in total. The van der Waals surface area contributed by atoms with Crippen molar-refractivity contribution in [3.8, 4) is 0 Å². The van der Waals surface area contributed by atoms with Gasteiger partial charge in [0.25, 0.3) is 0 Å². The van der Waals surface area contributed by atoms with Crippen molar-refractivity contribution >= 4 is 26.0 Å². The molecule has 0 saturated carbocycles. The lowest BCUT2D eigenvalue weighted by Gasteiger charge is -2.21. The van der Waals surface area contributed by atoms with Crippen LogP contribution in [-0.2, 0) is 16.6 Å². The van der Waals surface area contributed by atoms with Gasteiger partial charge in [-0.15, -0.1) is 0 Å². The van der Waals surface area contributed by atoms with Crippen LogP contribution >= 0.6 is 15.9 Å². The van der Waals surface area contributed by atoms with Crippen molar-refractivity contribution in [2.45, 2.75) is 37.6 Å². The van der Waals surface area contributed by atoms with E-state index in [-0.39, 0.29) is 0 Å². The van der Waals surface area contributed by atoms with Crippen LogP contribution in [0.5, 0.6) is 0 Å². The third kappa shape index (κ3) is 3.42. The number of halogens is 1. The molecule has 1 unspecified atom stereocenters. The van der Waals surface area contributed by atoms with E-state index < -0.39 is 10.0 Å². The van der Waals surface area contributed by atoms with E-state index in [2.05, 4.69) is 22.9 Å². The molecule has 6 heteroatoms. The standard InChI is InChI=1S/C14H21BrN2O2S/c1-11-3-2-7-17(8-6-11)20(18,19)14-9-12(10-16)4-5-13(14)15/h4-5,9,11H,2-3,6-8,10,16H2,1H3. The maximum Gasteiger partial charge on any atom is 0.244 e. The van der Waals surface area contributed by atoms with Gasteiger partial charge in [0.2, 0.25) is 10.0 Å². The summed E-state index contributed by atoms with van der Waals surface area (Å²) in [6.45, 7) is 3.72. The monoisotopic (exact) mass is 360 g/mol. The number of hydrogen-bond acceptors (Lipinski definition) is 3. The molecule has 1 atom stereocenters. The molecule has 1 saturated heterocycles. The topological polar surface area (TPSA) is 63.4 Å². The fourth-order valence-corrected chi connectivity index (χ4v) is 4.96. The summed E-state index contributed by atoms with van der Waals surface area (Å²) in [7, 11) is -3.44. The summed E-state index contributed by atoms with van der Waals surface area (Å²) >= 11 is 3.35. The number of benzene rings is 1. The Labute approximate surface area is 129 Å². The molecular weight excluding hydrogens is 340 g/mol. The van der Waals surface area contributed by atoms with Crippen LogP contribution < -0.4 is 5.73 Å². The zero-order chi connectivity index (χ0) is 14.8. The number of hydrogen-bond donors (Lipinski definition) is 1. The summed E-state index contributed by atoms with van der Waals surface area (Å²) in [5.74, 6) is 0.592. The van der Waals surface area contributed by atoms with Gasteiger partial charge in [0.05, 0.1) is 4.90 Å². The lowest BCUT2D eigenvalue weighted by atomic mass is 10.0.